The van der Waals surface area contributed by atoms with Gasteiger partial charge in [0, 0.05) is 18.2 Å². The maximum atomic E-state index is 5.75. The van der Waals surface area contributed by atoms with Gasteiger partial charge in [0.05, 0.1) is 0 Å². The number of nitrogens with one attached hydrogen (secondary N) is 1. The van der Waals surface area contributed by atoms with Crippen LogP contribution in [0.25, 0.3) is 0 Å². The van der Waals surface area contributed by atoms with Crippen LogP contribution < -0.4 is 16.0 Å². The molecule has 0 saturated carbocycles. The zero-order chi connectivity index (χ0) is 15.2. The Morgan fingerprint density at radius 3 is 2.60 bits per heavy atom. The van der Waals surface area contributed by atoms with E-state index in [-0.39, 0.29) is 5.54 Å². The van der Waals surface area contributed by atoms with Gasteiger partial charge in [-0.1, -0.05) is 0 Å². The van der Waals surface area contributed by atoms with Crippen molar-refractivity contribution in [2.45, 2.75) is 32.9 Å². The van der Waals surface area contributed by atoms with Gasteiger partial charge in [-0.2, -0.15) is 4.98 Å². The second kappa shape index (κ2) is 7.37. The van der Waals surface area contributed by atoms with Gasteiger partial charge in [0.1, 0.15) is 19.0 Å². The molecule has 0 aromatic carbocycles. The number of hydrazine groups is 1. The predicted molar refractivity (Wildman–Crippen MR) is 78.4 cm³/mol. The smallest absolute Gasteiger partial charge is 0.218 e. The van der Waals surface area contributed by atoms with Crippen molar-refractivity contribution in [2.75, 3.05) is 32.7 Å². The first-order valence-corrected chi connectivity index (χ1v) is 6.61. The molecule has 1 aromatic heterocycles. The van der Waals surface area contributed by atoms with Gasteiger partial charge in [0.2, 0.25) is 5.88 Å². The van der Waals surface area contributed by atoms with Gasteiger partial charge in [-0.3, -0.25) is 0 Å². The summed E-state index contributed by atoms with van der Waals surface area (Å²) in [6.45, 7) is 7.55. The van der Waals surface area contributed by atoms with Crippen molar-refractivity contribution in [3.63, 3.8) is 0 Å². The summed E-state index contributed by atoms with van der Waals surface area (Å²) in [6, 6.07) is 1.67. The number of aromatic nitrogens is 2. The van der Waals surface area contributed by atoms with E-state index in [0.717, 1.165) is 0 Å². The van der Waals surface area contributed by atoms with Crippen LogP contribution in [0.4, 0.5) is 5.82 Å². The third kappa shape index (κ3) is 4.92. The van der Waals surface area contributed by atoms with Gasteiger partial charge in [0.15, 0.2) is 5.82 Å². The number of anilines is 1. The van der Waals surface area contributed by atoms with Crippen molar-refractivity contribution < 1.29 is 9.47 Å². The van der Waals surface area contributed by atoms with E-state index in [4.69, 9.17) is 15.3 Å². The molecule has 0 amide bonds. The standard InChI is InChI=1S/C13H25N5O2/c1-6-19-8-11-15-10(17-14)7-12(16-11)20-9-13(2,3)18(4)5/h7H,6,8-9,14H2,1-5H3,(H,15,16,17). The predicted octanol–water partition coefficient (Wildman–Crippen LogP) is 1.02. The fourth-order valence-corrected chi connectivity index (χ4v) is 1.26. The van der Waals surface area contributed by atoms with E-state index in [9.17, 15) is 0 Å². The average molecular weight is 283 g/mol. The monoisotopic (exact) mass is 283 g/mol. The van der Waals surface area contributed by atoms with E-state index < -0.39 is 0 Å². The van der Waals surface area contributed by atoms with Crippen LogP contribution in [0.5, 0.6) is 5.88 Å². The summed E-state index contributed by atoms with van der Waals surface area (Å²) in [5.74, 6) is 6.93. The first-order chi connectivity index (χ1) is 9.39. The van der Waals surface area contributed by atoms with Crippen LogP contribution in [0.1, 0.15) is 26.6 Å². The van der Waals surface area contributed by atoms with Crippen molar-refractivity contribution in [3.05, 3.63) is 11.9 Å². The molecule has 7 nitrogen and oxygen atoms in total. The summed E-state index contributed by atoms with van der Waals surface area (Å²) < 4.78 is 11.1. The Hall–Kier alpha value is -1.44. The summed E-state index contributed by atoms with van der Waals surface area (Å²) in [7, 11) is 4.02. The minimum absolute atomic E-state index is 0.0959. The molecule has 20 heavy (non-hydrogen) atoms. The molecule has 0 spiro atoms. The number of hydrogen-bond acceptors (Lipinski definition) is 7. The van der Waals surface area contributed by atoms with E-state index in [0.29, 0.717) is 37.3 Å². The number of rotatable bonds is 8. The summed E-state index contributed by atoms with van der Waals surface area (Å²) in [6.07, 6.45) is 0. The number of likely N-dealkylation sites (N-methyl/N-ethyl adjacent to an activating group) is 1. The highest BCUT2D eigenvalue weighted by atomic mass is 16.5. The van der Waals surface area contributed by atoms with Gasteiger partial charge in [-0.25, -0.2) is 10.8 Å². The molecule has 3 N–H and O–H groups in total. The summed E-state index contributed by atoms with van der Waals surface area (Å²) in [5.41, 5.74) is 2.41. The first kappa shape index (κ1) is 16.6. The number of nitrogen functional groups attached to an aromatic ring is 1. The molecule has 1 heterocycles. The quantitative estimate of drug-likeness (QED) is 0.544. The molecule has 114 valence electrons. The first-order valence-electron chi connectivity index (χ1n) is 6.61. The Labute approximate surface area is 120 Å². The minimum Gasteiger partial charge on any atom is -0.476 e. The zero-order valence-corrected chi connectivity index (χ0v) is 12.9. The fourth-order valence-electron chi connectivity index (χ4n) is 1.26. The van der Waals surface area contributed by atoms with E-state index in [2.05, 4.69) is 34.1 Å². The lowest BCUT2D eigenvalue weighted by Gasteiger charge is -2.31. The molecule has 1 rings (SSSR count). The molecule has 0 aliphatic carbocycles. The van der Waals surface area contributed by atoms with Crippen molar-refractivity contribution in [3.8, 4) is 5.88 Å². The lowest BCUT2D eigenvalue weighted by Crippen LogP contribution is -2.43. The molecular formula is C13H25N5O2. The Morgan fingerprint density at radius 2 is 2.05 bits per heavy atom. The molecule has 0 aliphatic heterocycles. The SMILES string of the molecule is CCOCc1nc(NN)cc(OCC(C)(C)N(C)C)n1. The summed E-state index contributed by atoms with van der Waals surface area (Å²) in [4.78, 5) is 10.6. The van der Waals surface area contributed by atoms with Crippen LogP contribution in [0.2, 0.25) is 0 Å². The van der Waals surface area contributed by atoms with Crippen LogP contribution >= 0.6 is 0 Å². The van der Waals surface area contributed by atoms with Crippen LogP contribution in [-0.2, 0) is 11.3 Å². The molecule has 0 radical (unpaired) electrons. The van der Waals surface area contributed by atoms with E-state index in [1.54, 1.807) is 6.07 Å². The van der Waals surface area contributed by atoms with Gasteiger partial charge in [-0.15, -0.1) is 0 Å². The second-order valence-electron chi connectivity index (χ2n) is 5.28. The highest BCUT2D eigenvalue weighted by Gasteiger charge is 2.21. The third-order valence-electron chi connectivity index (χ3n) is 3.12. The van der Waals surface area contributed by atoms with Crippen molar-refractivity contribution in [1.82, 2.24) is 14.9 Å². The zero-order valence-electron chi connectivity index (χ0n) is 12.9. The molecule has 0 bridgehead atoms. The maximum absolute atomic E-state index is 5.75. The van der Waals surface area contributed by atoms with Crippen LogP contribution in [0.15, 0.2) is 6.07 Å². The molecule has 0 fully saturated rings. The van der Waals surface area contributed by atoms with Crippen molar-refractivity contribution >= 4 is 5.82 Å². The molecule has 0 aliphatic rings. The fraction of sp³-hybridized carbons (Fsp3) is 0.692. The molecule has 0 atom stereocenters. The van der Waals surface area contributed by atoms with Crippen molar-refractivity contribution in [2.24, 2.45) is 5.84 Å². The molecule has 7 heteroatoms. The summed E-state index contributed by atoms with van der Waals surface area (Å²) in [5, 5.41) is 0. The Morgan fingerprint density at radius 1 is 1.35 bits per heavy atom. The lowest BCUT2D eigenvalue weighted by atomic mass is 10.1. The topological polar surface area (TPSA) is 85.5 Å². The number of hydrogen-bond donors (Lipinski definition) is 2. The van der Waals surface area contributed by atoms with Crippen LogP contribution in [0, 0.1) is 0 Å². The minimum atomic E-state index is -0.0959. The molecule has 0 unspecified atom stereocenters. The number of nitrogens with two attached hydrogens (primary N) is 1. The van der Waals surface area contributed by atoms with Crippen LogP contribution in [-0.4, -0.2) is 47.7 Å². The van der Waals surface area contributed by atoms with Crippen LogP contribution in [0.3, 0.4) is 0 Å². The maximum Gasteiger partial charge on any atom is 0.218 e. The normalized spacial score (nSPS) is 11.8. The highest BCUT2D eigenvalue weighted by Crippen LogP contribution is 2.17. The number of nitrogens with zero attached hydrogens (tertiary/aromatic N) is 3. The Bertz CT molecular complexity index is 423. The van der Waals surface area contributed by atoms with Gasteiger partial charge < -0.3 is 19.8 Å². The molecule has 1 aromatic rings. The molecular weight excluding hydrogens is 258 g/mol. The Balaban J connectivity index is 2.78. The number of ether oxygens (including phenoxy) is 2. The van der Waals surface area contributed by atoms with E-state index >= 15 is 0 Å². The van der Waals surface area contributed by atoms with Gasteiger partial charge >= 0.3 is 0 Å². The third-order valence-corrected chi connectivity index (χ3v) is 3.12. The largest absolute Gasteiger partial charge is 0.476 e. The highest BCUT2D eigenvalue weighted by molar-refractivity contribution is 5.36. The lowest BCUT2D eigenvalue weighted by molar-refractivity contribution is 0.108. The Kier molecular flexibility index (Phi) is 6.12. The second-order valence-corrected chi connectivity index (χ2v) is 5.28. The molecule has 0 saturated heterocycles. The van der Waals surface area contributed by atoms with Gasteiger partial charge in [-0.05, 0) is 34.9 Å². The van der Waals surface area contributed by atoms with E-state index in [1.807, 2.05) is 21.0 Å². The average Bonchev–Trinajstić information content (AvgIpc) is 2.42. The van der Waals surface area contributed by atoms with Gasteiger partial charge in [0.25, 0.3) is 0 Å². The summed E-state index contributed by atoms with van der Waals surface area (Å²) >= 11 is 0. The van der Waals surface area contributed by atoms with Crippen molar-refractivity contribution in [1.29, 1.82) is 0 Å². The van der Waals surface area contributed by atoms with E-state index in [1.165, 1.54) is 0 Å².